The predicted molar refractivity (Wildman–Crippen MR) is 132 cm³/mol. The maximum absolute atomic E-state index is 11.9. The number of phenols is 2. The monoisotopic (exact) mass is 488 g/mol. The van der Waals surface area contributed by atoms with Gasteiger partial charge >= 0.3 is 11.9 Å². The van der Waals surface area contributed by atoms with E-state index in [4.69, 9.17) is 9.47 Å². The number of esters is 2. The number of carbonyl (C=O) groups is 2. The van der Waals surface area contributed by atoms with E-state index < -0.39 is 0 Å². The molecule has 0 aromatic heterocycles. The lowest BCUT2D eigenvalue weighted by atomic mass is 10.1. The fraction of sp³-hybridized carbons (Fsp3) is 0.280. The van der Waals surface area contributed by atoms with Gasteiger partial charge in [0.15, 0.2) is 0 Å². The van der Waals surface area contributed by atoms with Crippen molar-refractivity contribution in [2.75, 3.05) is 24.7 Å². The Kier molecular flexibility index (Phi) is 11.5. The molecule has 0 heterocycles. The van der Waals surface area contributed by atoms with Gasteiger partial charge in [-0.3, -0.25) is 9.59 Å². The SMILES string of the molecule is C=CCc1cc(SCC(=O)OCCCOC(=O)CSc2ccc(O)c(CC=C)c2)ccc1O. The van der Waals surface area contributed by atoms with E-state index >= 15 is 0 Å². The molecular formula is C25H28O6S2. The van der Waals surface area contributed by atoms with Crippen LogP contribution in [0.4, 0.5) is 0 Å². The van der Waals surface area contributed by atoms with Crippen molar-refractivity contribution in [3.05, 3.63) is 72.8 Å². The average molecular weight is 489 g/mol. The quantitative estimate of drug-likeness (QED) is 0.168. The molecule has 8 heteroatoms. The molecule has 176 valence electrons. The van der Waals surface area contributed by atoms with Gasteiger partial charge in [-0.25, -0.2) is 0 Å². The van der Waals surface area contributed by atoms with Gasteiger partial charge in [-0.05, 0) is 60.4 Å². The number of hydrogen-bond acceptors (Lipinski definition) is 8. The summed E-state index contributed by atoms with van der Waals surface area (Å²) >= 11 is 2.65. The Balaban J connectivity index is 1.60. The number of carbonyl (C=O) groups excluding carboxylic acids is 2. The van der Waals surface area contributed by atoms with Crippen LogP contribution in [-0.4, -0.2) is 46.9 Å². The van der Waals surface area contributed by atoms with Crippen LogP contribution in [0.25, 0.3) is 0 Å². The highest BCUT2D eigenvalue weighted by atomic mass is 32.2. The summed E-state index contributed by atoms with van der Waals surface area (Å²) in [4.78, 5) is 25.5. The van der Waals surface area contributed by atoms with E-state index in [-0.39, 0.29) is 48.2 Å². The summed E-state index contributed by atoms with van der Waals surface area (Å²) in [5.74, 6) is -0.0129. The highest BCUT2D eigenvalue weighted by Gasteiger charge is 2.09. The van der Waals surface area contributed by atoms with Crippen molar-refractivity contribution in [3.63, 3.8) is 0 Å². The first-order valence-corrected chi connectivity index (χ1v) is 12.3. The second kappa shape index (κ2) is 14.3. The van der Waals surface area contributed by atoms with E-state index in [9.17, 15) is 19.8 Å². The number of hydrogen-bond donors (Lipinski definition) is 2. The van der Waals surface area contributed by atoms with Gasteiger partial charge in [0.1, 0.15) is 11.5 Å². The fourth-order valence-corrected chi connectivity index (χ4v) is 4.26. The van der Waals surface area contributed by atoms with Gasteiger partial charge in [-0.15, -0.1) is 36.7 Å². The molecule has 0 aliphatic carbocycles. The summed E-state index contributed by atoms with van der Waals surface area (Å²) in [6.45, 7) is 7.66. The summed E-state index contributed by atoms with van der Waals surface area (Å²) in [6, 6.07) is 10.3. The van der Waals surface area contributed by atoms with E-state index in [0.29, 0.717) is 19.3 Å². The minimum atomic E-state index is -0.358. The number of ether oxygens (including phenoxy) is 2. The lowest BCUT2D eigenvalue weighted by molar-refractivity contribution is -0.142. The van der Waals surface area contributed by atoms with Crippen LogP contribution in [-0.2, 0) is 31.9 Å². The Hall–Kier alpha value is -2.84. The summed E-state index contributed by atoms with van der Waals surface area (Å²) in [5.41, 5.74) is 1.51. The third kappa shape index (κ3) is 9.67. The molecule has 0 unspecified atom stereocenters. The Labute approximate surface area is 202 Å². The molecule has 0 amide bonds. The van der Waals surface area contributed by atoms with Gasteiger partial charge in [0.2, 0.25) is 0 Å². The molecule has 0 atom stereocenters. The second-order valence-electron chi connectivity index (χ2n) is 6.94. The highest BCUT2D eigenvalue weighted by molar-refractivity contribution is 8.00. The van der Waals surface area contributed by atoms with E-state index in [1.807, 2.05) is 12.1 Å². The van der Waals surface area contributed by atoms with E-state index in [2.05, 4.69) is 13.2 Å². The molecule has 2 rings (SSSR count). The molecule has 0 saturated carbocycles. The van der Waals surface area contributed by atoms with E-state index in [1.165, 1.54) is 23.5 Å². The Morgan fingerprint density at radius 1 is 0.788 bits per heavy atom. The molecule has 0 aliphatic heterocycles. The zero-order chi connectivity index (χ0) is 24.1. The first kappa shape index (κ1) is 26.4. The minimum Gasteiger partial charge on any atom is -0.508 e. The molecule has 0 aliphatic rings. The first-order valence-electron chi connectivity index (χ1n) is 10.3. The van der Waals surface area contributed by atoms with Gasteiger partial charge in [-0.2, -0.15) is 0 Å². The number of phenolic OH excluding ortho intramolecular Hbond substituents is 2. The maximum Gasteiger partial charge on any atom is 0.316 e. The Morgan fingerprint density at radius 3 is 1.61 bits per heavy atom. The van der Waals surface area contributed by atoms with Crippen molar-refractivity contribution >= 4 is 35.5 Å². The molecule has 2 N–H and O–H groups in total. The Morgan fingerprint density at radius 2 is 1.21 bits per heavy atom. The van der Waals surface area contributed by atoms with Crippen molar-refractivity contribution in [3.8, 4) is 11.5 Å². The molecule has 0 saturated heterocycles. The topological polar surface area (TPSA) is 93.1 Å². The van der Waals surface area contributed by atoms with Gasteiger partial charge in [0, 0.05) is 16.2 Å². The zero-order valence-electron chi connectivity index (χ0n) is 18.3. The van der Waals surface area contributed by atoms with Crippen molar-refractivity contribution in [2.24, 2.45) is 0 Å². The van der Waals surface area contributed by atoms with Crippen molar-refractivity contribution in [2.45, 2.75) is 29.1 Å². The number of allylic oxidation sites excluding steroid dienone is 2. The molecule has 2 aromatic carbocycles. The largest absolute Gasteiger partial charge is 0.508 e. The van der Waals surface area contributed by atoms with Crippen molar-refractivity contribution < 1.29 is 29.3 Å². The fourth-order valence-electron chi connectivity index (χ4n) is 2.74. The summed E-state index contributed by atoms with van der Waals surface area (Å²) in [6.07, 6.45) is 4.92. The number of rotatable bonds is 14. The highest BCUT2D eigenvalue weighted by Crippen LogP contribution is 2.27. The molecular weight excluding hydrogens is 460 g/mol. The molecule has 33 heavy (non-hydrogen) atoms. The molecule has 0 radical (unpaired) electrons. The smallest absolute Gasteiger partial charge is 0.316 e. The summed E-state index contributed by atoms with van der Waals surface area (Å²) in [7, 11) is 0. The molecule has 0 bridgehead atoms. The third-order valence-corrected chi connectivity index (χ3v) is 6.29. The van der Waals surface area contributed by atoms with Crippen LogP contribution < -0.4 is 0 Å². The van der Waals surface area contributed by atoms with E-state index in [1.54, 1.807) is 36.4 Å². The van der Waals surface area contributed by atoms with Gasteiger partial charge in [-0.1, -0.05) is 12.2 Å². The zero-order valence-corrected chi connectivity index (χ0v) is 20.0. The van der Waals surface area contributed by atoms with Crippen LogP contribution in [0.15, 0.2) is 71.5 Å². The number of aromatic hydroxyl groups is 2. The second-order valence-corrected chi connectivity index (χ2v) is 9.04. The summed E-state index contributed by atoms with van der Waals surface area (Å²) < 4.78 is 10.3. The van der Waals surface area contributed by atoms with Gasteiger partial charge in [0.05, 0.1) is 24.7 Å². The third-order valence-electron chi connectivity index (χ3n) is 4.36. The molecule has 6 nitrogen and oxygen atoms in total. The van der Waals surface area contributed by atoms with Gasteiger partial charge < -0.3 is 19.7 Å². The van der Waals surface area contributed by atoms with Crippen molar-refractivity contribution in [1.82, 2.24) is 0 Å². The minimum absolute atomic E-state index is 0.148. The lowest BCUT2D eigenvalue weighted by Gasteiger charge is -2.08. The normalized spacial score (nSPS) is 10.4. The molecule has 0 fully saturated rings. The van der Waals surface area contributed by atoms with E-state index in [0.717, 1.165) is 20.9 Å². The average Bonchev–Trinajstić information content (AvgIpc) is 2.80. The van der Waals surface area contributed by atoms with Crippen LogP contribution in [0.3, 0.4) is 0 Å². The van der Waals surface area contributed by atoms with Gasteiger partial charge in [0.25, 0.3) is 0 Å². The predicted octanol–water partition coefficient (Wildman–Crippen LogP) is 4.92. The van der Waals surface area contributed by atoms with Crippen molar-refractivity contribution in [1.29, 1.82) is 0 Å². The Bertz CT molecular complexity index is 896. The van der Waals surface area contributed by atoms with Crippen LogP contribution in [0.2, 0.25) is 0 Å². The van der Waals surface area contributed by atoms with Crippen LogP contribution in [0.1, 0.15) is 17.5 Å². The first-order chi connectivity index (χ1) is 15.9. The standard InChI is InChI=1S/C25H28O6S2/c1-3-6-18-14-20(8-10-22(18)26)32-16-24(28)30-12-5-13-31-25(29)17-33-21-9-11-23(27)19(15-21)7-4-2/h3-4,8-11,14-15,26-27H,1-2,5-7,12-13,16-17H2. The van der Waals surface area contributed by atoms with Crippen LogP contribution in [0.5, 0.6) is 11.5 Å². The molecule has 0 spiro atoms. The van der Waals surface area contributed by atoms with Crippen LogP contribution >= 0.6 is 23.5 Å². The maximum atomic E-state index is 11.9. The number of thioether (sulfide) groups is 2. The lowest BCUT2D eigenvalue weighted by Crippen LogP contribution is -2.13. The van der Waals surface area contributed by atoms with Crippen LogP contribution in [0, 0.1) is 0 Å². The number of benzene rings is 2. The molecule has 2 aromatic rings. The summed E-state index contributed by atoms with van der Waals surface area (Å²) in [5, 5.41) is 19.6.